The van der Waals surface area contributed by atoms with Crippen LogP contribution in [0.2, 0.25) is 0 Å². The number of thioether (sulfide) groups is 1. The molecule has 2 N–H and O–H groups in total. The fraction of sp³-hybridized carbons (Fsp3) is 0.667. The van der Waals surface area contributed by atoms with Gasteiger partial charge in [-0.05, 0) is 53.5 Å². The van der Waals surface area contributed by atoms with Crippen LogP contribution in [0, 0.1) is 13.8 Å². The van der Waals surface area contributed by atoms with Crippen molar-refractivity contribution in [3.8, 4) is 0 Å². The molecule has 0 aliphatic carbocycles. The number of aromatic nitrogens is 2. The van der Waals surface area contributed by atoms with E-state index in [1.165, 1.54) is 0 Å². The molecule has 0 fully saturated rings. The third kappa shape index (κ3) is 6.01. The fourth-order valence-electron chi connectivity index (χ4n) is 2.23. The van der Waals surface area contributed by atoms with Gasteiger partial charge in [0.15, 0.2) is 5.16 Å². The summed E-state index contributed by atoms with van der Waals surface area (Å²) in [5.41, 5.74) is 1.04. The van der Waals surface area contributed by atoms with E-state index in [0.717, 1.165) is 28.7 Å². The van der Waals surface area contributed by atoms with E-state index in [0.29, 0.717) is 6.42 Å². The van der Waals surface area contributed by atoms with Gasteiger partial charge in [-0.25, -0.2) is 9.97 Å². The first-order valence-electron chi connectivity index (χ1n) is 7.19. The van der Waals surface area contributed by atoms with Crippen molar-refractivity contribution >= 4 is 17.7 Å². The first-order chi connectivity index (χ1) is 9.73. The molecule has 0 aliphatic heterocycles. The number of carboxylic acids is 1. The monoisotopic (exact) mass is 311 g/mol. The second-order valence-corrected chi connectivity index (χ2v) is 6.88. The van der Waals surface area contributed by atoms with E-state index in [1.807, 2.05) is 33.8 Å². The highest BCUT2D eigenvalue weighted by Crippen LogP contribution is 2.20. The van der Waals surface area contributed by atoms with E-state index in [-0.39, 0.29) is 6.04 Å². The van der Waals surface area contributed by atoms with Gasteiger partial charge in [0.2, 0.25) is 0 Å². The highest BCUT2D eigenvalue weighted by atomic mass is 32.2. The molecule has 1 unspecified atom stereocenters. The average molecular weight is 311 g/mol. The van der Waals surface area contributed by atoms with Crippen molar-refractivity contribution in [3.05, 3.63) is 17.5 Å². The molecule has 0 saturated carbocycles. The highest BCUT2D eigenvalue weighted by molar-refractivity contribution is 7.99. The van der Waals surface area contributed by atoms with Crippen LogP contribution in [-0.4, -0.2) is 38.4 Å². The minimum absolute atomic E-state index is 0.140. The summed E-state index contributed by atoms with van der Waals surface area (Å²) in [6.45, 7) is 9.56. The molecule has 0 radical (unpaired) electrons. The van der Waals surface area contributed by atoms with Crippen molar-refractivity contribution in [2.75, 3.05) is 5.75 Å². The van der Waals surface area contributed by atoms with Gasteiger partial charge in [0.1, 0.15) is 5.54 Å². The number of nitrogens with zero attached hydrogens (tertiary/aromatic N) is 2. The Bertz CT molecular complexity index is 474. The van der Waals surface area contributed by atoms with E-state index >= 15 is 0 Å². The lowest BCUT2D eigenvalue weighted by Gasteiger charge is -2.28. The lowest BCUT2D eigenvalue weighted by Crippen LogP contribution is -2.52. The second-order valence-electron chi connectivity index (χ2n) is 5.82. The van der Waals surface area contributed by atoms with Crippen LogP contribution in [0.3, 0.4) is 0 Å². The minimum atomic E-state index is -0.877. The van der Waals surface area contributed by atoms with E-state index in [9.17, 15) is 9.90 Å². The number of aryl methyl sites for hydroxylation is 2. The summed E-state index contributed by atoms with van der Waals surface area (Å²) < 4.78 is 0. The normalized spacial score (nSPS) is 14.2. The Hall–Kier alpha value is -1.14. The summed E-state index contributed by atoms with van der Waals surface area (Å²) in [5.74, 6) is 0.00906. The molecule has 0 spiro atoms. The van der Waals surface area contributed by atoms with Gasteiger partial charge in [-0.2, -0.15) is 0 Å². The zero-order valence-corrected chi connectivity index (χ0v) is 14.3. The van der Waals surface area contributed by atoms with E-state index in [1.54, 1.807) is 18.7 Å². The molecule has 118 valence electrons. The van der Waals surface area contributed by atoms with Gasteiger partial charge in [0.25, 0.3) is 0 Å². The van der Waals surface area contributed by atoms with Crippen molar-refractivity contribution < 1.29 is 9.90 Å². The van der Waals surface area contributed by atoms with E-state index in [2.05, 4.69) is 15.3 Å². The average Bonchev–Trinajstić information content (AvgIpc) is 2.32. The predicted molar refractivity (Wildman–Crippen MR) is 85.8 cm³/mol. The zero-order chi connectivity index (χ0) is 16.0. The van der Waals surface area contributed by atoms with Crippen LogP contribution in [0.1, 0.15) is 45.0 Å². The van der Waals surface area contributed by atoms with Crippen LogP contribution in [-0.2, 0) is 4.79 Å². The topological polar surface area (TPSA) is 75.1 Å². The third-order valence-electron chi connectivity index (χ3n) is 3.09. The predicted octanol–water partition coefficient (Wildman–Crippen LogP) is 2.81. The summed E-state index contributed by atoms with van der Waals surface area (Å²) in [5, 5.41) is 13.3. The van der Waals surface area contributed by atoms with Gasteiger partial charge in [-0.15, -0.1) is 0 Å². The van der Waals surface area contributed by atoms with Crippen LogP contribution < -0.4 is 5.32 Å². The lowest BCUT2D eigenvalue weighted by molar-refractivity contribution is -0.144. The molecule has 0 amide bonds. The Labute approximate surface area is 131 Å². The fourth-order valence-corrected chi connectivity index (χ4v) is 3.11. The molecule has 0 bridgehead atoms. The largest absolute Gasteiger partial charge is 0.480 e. The summed E-state index contributed by atoms with van der Waals surface area (Å²) in [6, 6.07) is 2.08. The van der Waals surface area contributed by atoms with Gasteiger partial charge in [0, 0.05) is 23.2 Å². The van der Waals surface area contributed by atoms with Crippen molar-refractivity contribution in [2.45, 2.75) is 64.2 Å². The Balaban J connectivity index is 2.49. The number of carbonyl (C=O) groups is 1. The number of rotatable bonds is 8. The standard InChI is InChI=1S/C15H25N3O2S/c1-10(2)18-15(5,13(19)20)7-6-8-21-14-16-11(3)9-12(4)17-14/h9-10,18H,6-8H2,1-5H3,(H,19,20). The van der Waals surface area contributed by atoms with Crippen LogP contribution in [0.25, 0.3) is 0 Å². The van der Waals surface area contributed by atoms with Crippen molar-refractivity contribution in [2.24, 2.45) is 0 Å². The minimum Gasteiger partial charge on any atom is -0.480 e. The van der Waals surface area contributed by atoms with Gasteiger partial charge in [0.05, 0.1) is 0 Å². The molecular formula is C15H25N3O2S. The Morgan fingerprint density at radius 1 is 1.38 bits per heavy atom. The molecule has 0 saturated heterocycles. The van der Waals surface area contributed by atoms with E-state index < -0.39 is 11.5 Å². The number of carboxylic acid groups (broad SMARTS) is 1. The van der Waals surface area contributed by atoms with E-state index in [4.69, 9.17) is 0 Å². The Morgan fingerprint density at radius 3 is 2.43 bits per heavy atom. The molecule has 0 aliphatic rings. The van der Waals surface area contributed by atoms with Gasteiger partial charge >= 0.3 is 5.97 Å². The number of hydrogen-bond acceptors (Lipinski definition) is 5. The van der Waals surface area contributed by atoms with Crippen LogP contribution in [0.5, 0.6) is 0 Å². The summed E-state index contributed by atoms with van der Waals surface area (Å²) in [6.07, 6.45) is 1.38. The maximum atomic E-state index is 11.4. The van der Waals surface area contributed by atoms with Crippen LogP contribution in [0.4, 0.5) is 0 Å². The number of hydrogen-bond donors (Lipinski definition) is 2. The first-order valence-corrected chi connectivity index (χ1v) is 8.17. The molecule has 6 heteroatoms. The van der Waals surface area contributed by atoms with Crippen molar-refractivity contribution in [1.82, 2.24) is 15.3 Å². The maximum absolute atomic E-state index is 11.4. The Morgan fingerprint density at radius 2 is 1.95 bits per heavy atom. The number of nitrogens with one attached hydrogen (secondary N) is 1. The first kappa shape index (κ1) is 17.9. The lowest BCUT2D eigenvalue weighted by atomic mass is 9.95. The van der Waals surface area contributed by atoms with Crippen LogP contribution >= 0.6 is 11.8 Å². The molecule has 21 heavy (non-hydrogen) atoms. The highest BCUT2D eigenvalue weighted by Gasteiger charge is 2.32. The third-order valence-corrected chi connectivity index (χ3v) is 4.03. The smallest absolute Gasteiger partial charge is 0.323 e. The summed E-state index contributed by atoms with van der Waals surface area (Å²) in [7, 11) is 0. The van der Waals surface area contributed by atoms with Gasteiger partial charge in [-0.1, -0.05) is 11.8 Å². The molecule has 1 aromatic rings. The molecular weight excluding hydrogens is 286 g/mol. The Kier molecular flexibility index (Phi) is 6.61. The molecule has 5 nitrogen and oxygen atoms in total. The van der Waals surface area contributed by atoms with Crippen molar-refractivity contribution in [1.29, 1.82) is 0 Å². The zero-order valence-electron chi connectivity index (χ0n) is 13.4. The summed E-state index contributed by atoms with van der Waals surface area (Å²) in [4.78, 5) is 20.2. The number of aliphatic carboxylic acids is 1. The van der Waals surface area contributed by atoms with Gasteiger partial charge < -0.3 is 5.11 Å². The maximum Gasteiger partial charge on any atom is 0.323 e. The SMILES string of the molecule is Cc1cc(C)nc(SCCCC(C)(NC(C)C)C(=O)O)n1. The second kappa shape index (κ2) is 7.75. The van der Waals surface area contributed by atoms with Crippen LogP contribution in [0.15, 0.2) is 11.2 Å². The molecule has 0 aromatic carbocycles. The van der Waals surface area contributed by atoms with Gasteiger partial charge in [-0.3, -0.25) is 10.1 Å². The van der Waals surface area contributed by atoms with Crippen molar-refractivity contribution in [3.63, 3.8) is 0 Å². The molecule has 1 heterocycles. The molecule has 1 aromatic heterocycles. The molecule has 1 rings (SSSR count). The quantitative estimate of drug-likeness (QED) is 0.437. The summed E-state index contributed by atoms with van der Waals surface area (Å²) >= 11 is 1.58. The molecule has 1 atom stereocenters.